The predicted molar refractivity (Wildman–Crippen MR) is 96.1 cm³/mol. The van der Waals surface area contributed by atoms with Gasteiger partial charge in [-0.05, 0) is 32.8 Å². The zero-order chi connectivity index (χ0) is 18.7. The van der Waals surface area contributed by atoms with Crippen LogP contribution >= 0.6 is 0 Å². The van der Waals surface area contributed by atoms with Crippen LogP contribution in [-0.2, 0) is 9.53 Å². The lowest BCUT2D eigenvalue weighted by Crippen LogP contribution is -2.49. The lowest BCUT2D eigenvalue weighted by Gasteiger charge is -2.34. The van der Waals surface area contributed by atoms with Gasteiger partial charge < -0.3 is 19.9 Å². The molecule has 0 radical (unpaired) electrons. The molecule has 1 aliphatic heterocycles. The molecular weight excluding hydrogens is 336 g/mol. The molecule has 0 spiro atoms. The van der Waals surface area contributed by atoms with Crippen molar-refractivity contribution in [2.75, 3.05) is 43.0 Å². The number of anilines is 2. The maximum atomic E-state index is 11.8. The summed E-state index contributed by atoms with van der Waals surface area (Å²) >= 11 is 0. The van der Waals surface area contributed by atoms with Crippen molar-refractivity contribution >= 4 is 29.2 Å². The van der Waals surface area contributed by atoms with Crippen molar-refractivity contribution in [2.45, 2.75) is 32.2 Å². The third-order valence-electron chi connectivity index (χ3n) is 4.86. The molecule has 1 saturated carbocycles. The van der Waals surface area contributed by atoms with Crippen molar-refractivity contribution in [2.24, 2.45) is 0 Å². The maximum Gasteiger partial charge on any atom is 0.427 e. The molecule has 0 unspecified atom stereocenters. The van der Waals surface area contributed by atoms with Crippen molar-refractivity contribution in [3.63, 3.8) is 0 Å². The van der Waals surface area contributed by atoms with E-state index in [1.165, 1.54) is 0 Å². The molecule has 1 aromatic rings. The van der Waals surface area contributed by atoms with Crippen LogP contribution in [0.25, 0.3) is 4.98 Å². The summed E-state index contributed by atoms with van der Waals surface area (Å²) in [6, 6.07) is 3.37. The number of piperazine rings is 1. The first kappa shape index (κ1) is 17.9. The highest BCUT2D eigenvalue weighted by Gasteiger charge is 2.47. The van der Waals surface area contributed by atoms with Gasteiger partial charge in [0.25, 0.3) is 0 Å². The van der Waals surface area contributed by atoms with Gasteiger partial charge in [-0.15, -0.1) is 0 Å². The summed E-state index contributed by atoms with van der Waals surface area (Å²) in [6.07, 6.45) is 1.27. The third-order valence-corrected chi connectivity index (χ3v) is 4.86. The van der Waals surface area contributed by atoms with Crippen molar-refractivity contribution in [1.29, 1.82) is 5.39 Å². The summed E-state index contributed by atoms with van der Waals surface area (Å²) in [4.78, 5) is 35.1. The minimum atomic E-state index is -0.509. The Labute approximate surface area is 151 Å². The lowest BCUT2D eigenvalue weighted by atomic mass is 10.2. The number of ketones is 1. The number of ether oxygens (including phenoxy) is 1. The summed E-state index contributed by atoms with van der Waals surface area (Å²) in [6.45, 7) is 5.80. The minimum absolute atomic E-state index is 0.0971. The van der Waals surface area contributed by atoms with Gasteiger partial charge in [0.2, 0.25) is 11.2 Å². The van der Waals surface area contributed by atoms with Crippen LogP contribution in [0.4, 0.5) is 22.1 Å². The Morgan fingerprint density at radius 2 is 2.00 bits per heavy atom. The van der Waals surface area contributed by atoms with E-state index in [-0.39, 0.29) is 11.9 Å². The number of rotatable bonds is 5. The second-order valence-electron chi connectivity index (χ2n) is 6.58. The van der Waals surface area contributed by atoms with Crippen LogP contribution in [0.15, 0.2) is 12.1 Å². The first-order chi connectivity index (χ1) is 12.5. The fourth-order valence-corrected chi connectivity index (χ4v) is 3.07. The minimum Gasteiger partial charge on any atom is -0.450 e. The van der Waals surface area contributed by atoms with Gasteiger partial charge in [0.15, 0.2) is 10.8 Å². The maximum absolute atomic E-state index is 11.8. The van der Waals surface area contributed by atoms with Crippen LogP contribution in [0, 0.1) is 5.39 Å². The van der Waals surface area contributed by atoms with Crippen molar-refractivity contribution in [1.82, 2.24) is 9.88 Å². The Balaban J connectivity index is 1.73. The molecule has 9 heteroatoms. The van der Waals surface area contributed by atoms with Crippen molar-refractivity contribution < 1.29 is 14.3 Å². The number of nitrogens with one attached hydrogen (secondary N) is 1. The summed E-state index contributed by atoms with van der Waals surface area (Å²) in [5, 5.41) is 12.5. The van der Waals surface area contributed by atoms with Gasteiger partial charge in [0.05, 0.1) is 12.1 Å². The van der Waals surface area contributed by atoms with Crippen LogP contribution in [0.3, 0.4) is 0 Å². The smallest absolute Gasteiger partial charge is 0.427 e. The molecule has 1 aliphatic carbocycles. The summed E-state index contributed by atoms with van der Waals surface area (Å²) < 4.78 is 5.02. The molecule has 0 bridgehead atoms. The summed E-state index contributed by atoms with van der Waals surface area (Å²) in [5.74, 6) is 1.20. The number of Topliss-reactive ketones (excluding diaryl/α,β-unsaturated/α-hetero) is 1. The summed E-state index contributed by atoms with van der Waals surface area (Å²) in [7, 11) is 0. The molecule has 3 rings (SSSR count). The second kappa shape index (κ2) is 7.15. The van der Waals surface area contributed by atoms with E-state index < -0.39 is 5.54 Å². The normalized spacial score (nSPS) is 18.0. The fraction of sp³-hybridized carbons (Fsp3) is 0.588. The van der Waals surface area contributed by atoms with Gasteiger partial charge in [-0.1, -0.05) is 0 Å². The highest BCUT2D eigenvalue weighted by Crippen LogP contribution is 2.40. The van der Waals surface area contributed by atoms with E-state index in [9.17, 15) is 15.0 Å². The fourth-order valence-electron chi connectivity index (χ4n) is 3.07. The number of carbonyl (C=O) groups is 2. The lowest BCUT2D eigenvalue weighted by molar-refractivity contribution is -0.118. The largest absolute Gasteiger partial charge is 0.450 e. The second-order valence-corrected chi connectivity index (χ2v) is 6.58. The Morgan fingerprint density at radius 1 is 1.31 bits per heavy atom. The van der Waals surface area contributed by atoms with Crippen molar-refractivity contribution in [3.05, 3.63) is 17.1 Å². The first-order valence-electron chi connectivity index (χ1n) is 8.81. The van der Waals surface area contributed by atoms with Gasteiger partial charge >= 0.3 is 11.8 Å². The molecule has 0 aromatic carbocycles. The SMILES string of the molecule is CCOC(=O)N1CCN(c2nc(NC3(C(C)=O)CC3)ccc2[N+]#N)CC1. The average molecular weight is 359 g/mol. The molecule has 1 saturated heterocycles. The number of pyridine rings is 1. The van der Waals surface area contributed by atoms with Crippen molar-refractivity contribution in [3.8, 4) is 0 Å². The van der Waals surface area contributed by atoms with E-state index in [0.29, 0.717) is 50.1 Å². The van der Waals surface area contributed by atoms with Gasteiger partial charge in [-0.25, -0.2) is 9.78 Å². The summed E-state index contributed by atoms with van der Waals surface area (Å²) in [5.41, 5.74) is -0.155. The van der Waals surface area contributed by atoms with E-state index >= 15 is 0 Å². The number of hydrogen-bond acceptors (Lipinski definition) is 7. The number of carbonyl (C=O) groups excluding carboxylic acids is 2. The Hall–Kier alpha value is -2.89. The third kappa shape index (κ3) is 3.54. The highest BCUT2D eigenvalue weighted by molar-refractivity contribution is 5.92. The number of aromatic nitrogens is 1. The van der Waals surface area contributed by atoms with E-state index in [1.54, 1.807) is 30.9 Å². The average Bonchev–Trinajstić information content (AvgIpc) is 3.43. The quantitative estimate of drug-likeness (QED) is 0.805. The van der Waals surface area contributed by atoms with Crippen LogP contribution in [-0.4, -0.2) is 60.1 Å². The van der Waals surface area contributed by atoms with Gasteiger partial charge in [-0.3, -0.25) is 4.79 Å². The molecule has 2 heterocycles. The van der Waals surface area contributed by atoms with E-state index in [0.717, 1.165) is 12.8 Å². The van der Waals surface area contributed by atoms with Crippen LogP contribution in [0.2, 0.25) is 0 Å². The van der Waals surface area contributed by atoms with Gasteiger partial charge in [0.1, 0.15) is 5.82 Å². The number of diazo groups is 1. The standard InChI is InChI=1S/C17H23N6O3/c1-3-26-16(25)23-10-8-22(9-11-23)15-13(21-18)4-5-14(19-15)20-17(6-7-17)12(2)24/h4-5H,3,6-11H2,1-2H3,(H,19,20)/q+1. The molecule has 1 N–H and O–H groups in total. The molecule has 0 atom stereocenters. The molecule has 2 aliphatic rings. The predicted octanol–water partition coefficient (Wildman–Crippen LogP) is 2.38. The van der Waals surface area contributed by atoms with Crippen LogP contribution in [0.1, 0.15) is 26.7 Å². The highest BCUT2D eigenvalue weighted by atomic mass is 16.6. The van der Waals surface area contributed by atoms with Crippen LogP contribution in [0.5, 0.6) is 0 Å². The van der Waals surface area contributed by atoms with E-state index in [2.05, 4.69) is 15.3 Å². The molecular formula is C17H23N6O3+. The molecule has 138 valence electrons. The molecule has 9 nitrogen and oxygen atoms in total. The van der Waals surface area contributed by atoms with E-state index in [1.807, 2.05) is 4.90 Å². The molecule has 2 fully saturated rings. The Morgan fingerprint density at radius 3 is 2.54 bits per heavy atom. The Bertz CT molecular complexity index is 747. The topological polar surface area (TPSA) is 103 Å². The molecule has 1 aromatic heterocycles. The number of amides is 1. The van der Waals surface area contributed by atoms with Gasteiger partial charge in [-0.2, -0.15) is 0 Å². The monoisotopic (exact) mass is 359 g/mol. The zero-order valence-corrected chi connectivity index (χ0v) is 15.1. The van der Waals surface area contributed by atoms with Gasteiger partial charge in [0, 0.05) is 32.2 Å². The first-order valence-corrected chi connectivity index (χ1v) is 8.81. The molecule has 1 amide bonds. The van der Waals surface area contributed by atoms with Crippen LogP contribution < -0.4 is 10.2 Å². The number of hydrogen-bond donors (Lipinski definition) is 1. The zero-order valence-electron chi connectivity index (χ0n) is 15.1. The van der Waals surface area contributed by atoms with E-state index in [4.69, 9.17) is 4.74 Å². The number of nitrogens with zero attached hydrogens (tertiary/aromatic N) is 5. The Kier molecular flexibility index (Phi) is 4.93. The molecule has 26 heavy (non-hydrogen) atoms.